The van der Waals surface area contributed by atoms with Crippen molar-refractivity contribution in [3.05, 3.63) is 0 Å². The molecule has 1 atom stereocenters. The van der Waals surface area contributed by atoms with Crippen molar-refractivity contribution in [3.63, 3.8) is 0 Å². The summed E-state index contributed by atoms with van der Waals surface area (Å²) >= 11 is 0. The molecule has 14 heavy (non-hydrogen) atoms. The van der Waals surface area contributed by atoms with Gasteiger partial charge in [-0.1, -0.05) is 13.8 Å². The summed E-state index contributed by atoms with van der Waals surface area (Å²) in [5.41, 5.74) is 0. The Kier molecular flexibility index (Phi) is 4.97. The van der Waals surface area contributed by atoms with Gasteiger partial charge in [-0.2, -0.15) is 0 Å². The molecule has 0 heterocycles. The van der Waals surface area contributed by atoms with Crippen LogP contribution >= 0.6 is 0 Å². The predicted molar refractivity (Wildman–Crippen MR) is 52.9 cm³/mol. The van der Waals surface area contributed by atoms with E-state index in [1.165, 1.54) is 12.0 Å². The molecule has 0 spiro atoms. The number of amides is 2. The summed E-state index contributed by atoms with van der Waals surface area (Å²) in [5, 5.41) is 2.58. The summed E-state index contributed by atoms with van der Waals surface area (Å²) in [6.07, 6.45) is 0. The van der Waals surface area contributed by atoms with Crippen LogP contribution in [0.15, 0.2) is 0 Å². The Morgan fingerprint density at radius 2 is 1.79 bits per heavy atom. The van der Waals surface area contributed by atoms with Gasteiger partial charge in [-0.25, -0.2) is 9.59 Å². The number of methoxy groups -OCH3 is 1. The number of esters is 1. The van der Waals surface area contributed by atoms with E-state index in [0.29, 0.717) is 0 Å². The van der Waals surface area contributed by atoms with Gasteiger partial charge in [0.25, 0.3) is 0 Å². The average Bonchev–Trinajstić information content (AvgIpc) is 2.11. The summed E-state index contributed by atoms with van der Waals surface area (Å²) in [4.78, 5) is 23.9. The van der Waals surface area contributed by atoms with Crippen molar-refractivity contribution in [1.82, 2.24) is 10.2 Å². The van der Waals surface area contributed by atoms with Crippen LogP contribution in [0.1, 0.15) is 13.8 Å². The molecule has 0 aromatic carbocycles. The van der Waals surface area contributed by atoms with Crippen LogP contribution in [-0.4, -0.2) is 44.1 Å². The van der Waals surface area contributed by atoms with E-state index in [4.69, 9.17) is 0 Å². The second kappa shape index (κ2) is 5.47. The van der Waals surface area contributed by atoms with E-state index in [2.05, 4.69) is 10.1 Å². The van der Waals surface area contributed by atoms with Crippen molar-refractivity contribution in [1.29, 1.82) is 0 Å². The molecule has 0 aliphatic carbocycles. The normalized spacial score (nSPS) is 12.1. The highest BCUT2D eigenvalue weighted by atomic mass is 16.5. The third-order valence-corrected chi connectivity index (χ3v) is 1.81. The zero-order valence-electron chi connectivity index (χ0n) is 9.33. The van der Waals surface area contributed by atoms with E-state index in [-0.39, 0.29) is 11.9 Å². The minimum atomic E-state index is -0.588. The third-order valence-electron chi connectivity index (χ3n) is 1.81. The van der Waals surface area contributed by atoms with Crippen molar-refractivity contribution >= 4 is 12.0 Å². The van der Waals surface area contributed by atoms with Crippen LogP contribution in [0.5, 0.6) is 0 Å². The zero-order valence-corrected chi connectivity index (χ0v) is 9.33. The first-order valence-electron chi connectivity index (χ1n) is 4.45. The highest BCUT2D eigenvalue weighted by Crippen LogP contribution is 2.03. The molecular formula is C9H18N2O3. The number of hydrogen-bond donors (Lipinski definition) is 1. The van der Waals surface area contributed by atoms with Crippen LogP contribution in [0.3, 0.4) is 0 Å². The maximum absolute atomic E-state index is 11.3. The van der Waals surface area contributed by atoms with Gasteiger partial charge in [0.1, 0.15) is 6.04 Å². The lowest BCUT2D eigenvalue weighted by atomic mass is 10.1. The Morgan fingerprint density at radius 3 is 2.07 bits per heavy atom. The smallest absolute Gasteiger partial charge is 0.328 e. The molecule has 2 amide bonds. The van der Waals surface area contributed by atoms with E-state index in [1.54, 1.807) is 14.1 Å². The fourth-order valence-corrected chi connectivity index (χ4v) is 0.887. The number of carbonyl (C=O) groups is 2. The lowest BCUT2D eigenvalue weighted by Gasteiger charge is -2.22. The number of nitrogens with one attached hydrogen (secondary N) is 1. The molecule has 0 aliphatic rings. The van der Waals surface area contributed by atoms with Crippen LogP contribution in [0.2, 0.25) is 0 Å². The monoisotopic (exact) mass is 202 g/mol. The molecule has 82 valence electrons. The Labute approximate surface area is 84.4 Å². The SMILES string of the molecule is COC(=O)C(NC(=O)N(C)C)C(C)C. The summed E-state index contributed by atoms with van der Waals surface area (Å²) in [6.45, 7) is 3.69. The molecule has 1 N–H and O–H groups in total. The maximum atomic E-state index is 11.3. The number of hydrogen-bond acceptors (Lipinski definition) is 3. The molecule has 5 heteroatoms. The molecule has 0 aromatic heterocycles. The van der Waals surface area contributed by atoms with Gasteiger partial charge in [0.05, 0.1) is 7.11 Å². The standard InChI is InChI=1S/C9H18N2O3/c1-6(2)7(8(12)14-5)10-9(13)11(3)4/h6-7H,1-5H3,(H,10,13). The minimum absolute atomic E-state index is 0.00588. The Balaban J connectivity index is 4.38. The molecule has 0 aromatic rings. The van der Waals surface area contributed by atoms with Crippen LogP contribution in [0.4, 0.5) is 4.79 Å². The van der Waals surface area contributed by atoms with Crippen molar-refractivity contribution in [2.75, 3.05) is 21.2 Å². The van der Waals surface area contributed by atoms with Crippen LogP contribution in [0.25, 0.3) is 0 Å². The molecule has 1 unspecified atom stereocenters. The van der Waals surface area contributed by atoms with Gasteiger partial charge in [-0.3, -0.25) is 0 Å². The fourth-order valence-electron chi connectivity index (χ4n) is 0.887. The number of nitrogens with zero attached hydrogens (tertiary/aromatic N) is 1. The maximum Gasteiger partial charge on any atom is 0.328 e. The first-order chi connectivity index (χ1) is 6.40. The molecule has 0 fully saturated rings. The second-order valence-corrected chi connectivity index (χ2v) is 3.59. The first-order valence-corrected chi connectivity index (χ1v) is 4.45. The van der Waals surface area contributed by atoms with E-state index in [1.807, 2.05) is 13.8 Å². The van der Waals surface area contributed by atoms with Gasteiger partial charge < -0.3 is 15.0 Å². The van der Waals surface area contributed by atoms with E-state index in [9.17, 15) is 9.59 Å². The van der Waals surface area contributed by atoms with Gasteiger partial charge in [0.15, 0.2) is 0 Å². The highest BCUT2D eigenvalue weighted by Gasteiger charge is 2.25. The Bertz CT molecular complexity index is 214. The summed E-state index contributed by atoms with van der Waals surface area (Å²) < 4.78 is 4.58. The zero-order chi connectivity index (χ0) is 11.3. The van der Waals surface area contributed by atoms with Crippen LogP contribution in [0, 0.1) is 5.92 Å². The Hall–Kier alpha value is -1.26. The molecule has 5 nitrogen and oxygen atoms in total. The molecule has 0 bridgehead atoms. The molecular weight excluding hydrogens is 184 g/mol. The number of carbonyl (C=O) groups excluding carboxylic acids is 2. The average molecular weight is 202 g/mol. The van der Waals surface area contributed by atoms with Crippen molar-refractivity contribution in [3.8, 4) is 0 Å². The van der Waals surface area contributed by atoms with Crippen molar-refractivity contribution < 1.29 is 14.3 Å². The molecule has 0 aliphatic heterocycles. The summed E-state index contributed by atoms with van der Waals surface area (Å²) in [6, 6.07) is -0.885. The fraction of sp³-hybridized carbons (Fsp3) is 0.778. The summed E-state index contributed by atoms with van der Waals surface area (Å²) in [7, 11) is 4.54. The lowest BCUT2D eigenvalue weighted by Crippen LogP contribution is -2.48. The van der Waals surface area contributed by atoms with Gasteiger partial charge in [0, 0.05) is 14.1 Å². The lowest BCUT2D eigenvalue weighted by molar-refractivity contribution is -0.144. The topological polar surface area (TPSA) is 58.6 Å². The number of ether oxygens (including phenoxy) is 1. The quantitative estimate of drug-likeness (QED) is 0.676. The van der Waals surface area contributed by atoms with Gasteiger partial charge in [-0.05, 0) is 5.92 Å². The predicted octanol–water partition coefficient (Wildman–Crippen LogP) is 0.455. The molecule has 0 saturated carbocycles. The largest absolute Gasteiger partial charge is 0.467 e. The van der Waals surface area contributed by atoms with E-state index >= 15 is 0 Å². The van der Waals surface area contributed by atoms with E-state index < -0.39 is 12.0 Å². The van der Waals surface area contributed by atoms with Crippen molar-refractivity contribution in [2.45, 2.75) is 19.9 Å². The summed E-state index contributed by atoms with van der Waals surface area (Å²) in [5.74, 6) is -0.415. The van der Waals surface area contributed by atoms with E-state index in [0.717, 1.165) is 0 Å². The molecule has 0 radical (unpaired) electrons. The first kappa shape index (κ1) is 12.7. The van der Waals surface area contributed by atoms with Crippen LogP contribution < -0.4 is 5.32 Å². The minimum Gasteiger partial charge on any atom is -0.467 e. The van der Waals surface area contributed by atoms with Gasteiger partial charge in [0.2, 0.25) is 0 Å². The van der Waals surface area contributed by atoms with Crippen molar-refractivity contribution in [2.24, 2.45) is 5.92 Å². The Morgan fingerprint density at radius 1 is 1.29 bits per heavy atom. The highest BCUT2D eigenvalue weighted by molar-refractivity contribution is 5.83. The molecule has 0 saturated heterocycles. The second-order valence-electron chi connectivity index (χ2n) is 3.59. The number of urea groups is 1. The van der Waals surface area contributed by atoms with Gasteiger partial charge >= 0.3 is 12.0 Å². The van der Waals surface area contributed by atoms with Gasteiger partial charge in [-0.15, -0.1) is 0 Å². The van der Waals surface area contributed by atoms with Crippen LogP contribution in [-0.2, 0) is 9.53 Å². The molecule has 0 rings (SSSR count). The number of rotatable bonds is 3. The third kappa shape index (κ3) is 3.64.